The maximum absolute atomic E-state index is 5.48. The molecule has 0 atom stereocenters. The zero-order chi connectivity index (χ0) is 13.7. The lowest BCUT2D eigenvalue weighted by Crippen LogP contribution is -2.36. The lowest BCUT2D eigenvalue weighted by atomic mass is 10.3. The molecule has 0 fully saturated rings. The smallest absolute Gasteiger partial charge is 0.215 e. The fourth-order valence-electron chi connectivity index (χ4n) is 1.67. The van der Waals surface area contributed by atoms with Crippen LogP contribution in [0.5, 0.6) is 0 Å². The number of para-hydroxylation sites is 1. The molecule has 98 valence electrons. The Kier molecular flexibility index (Phi) is 4.10. The Hall–Kier alpha value is -2.40. The maximum Gasteiger partial charge on any atom is 0.215 e. The van der Waals surface area contributed by atoms with Gasteiger partial charge >= 0.3 is 0 Å². The normalized spacial score (nSPS) is 11.2. The summed E-state index contributed by atoms with van der Waals surface area (Å²) in [6.07, 6.45) is 0. The monoisotopic (exact) mass is 255 g/mol. The highest BCUT2D eigenvalue weighted by Gasteiger charge is 2.02. The van der Waals surface area contributed by atoms with Crippen LogP contribution in [0.2, 0.25) is 0 Å². The van der Waals surface area contributed by atoms with Crippen molar-refractivity contribution >= 4 is 17.3 Å². The van der Waals surface area contributed by atoms with Gasteiger partial charge in [-0.3, -0.25) is 10.4 Å². The molecule has 5 nitrogen and oxygen atoms in total. The van der Waals surface area contributed by atoms with Crippen LogP contribution in [-0.2, 0) is 0 Å². The van der Waals surface area contributed by atoms with Gasteiger partial charge in [-0.15, -0.1) is 0 Å². The Labute approximate surface area is 112 Å². The van der Waals surface area contributed by atoms with Crippen LogP contribution in [0.1, 0.15) is 11.4 Å². The summed E-state index contributed by atoms with van der Waals surface area (Å²) in [6.45, 7) is 3.87. The zero-order valence-electron chi connectivity index (χ0n) is 11.0. The average Bonchev–Trinajstić information content (AvgIpc) is 2.42. The predicted octanol–water partition coefficient (Wildman–Crippen LogP) is 2.26. The van der Waals surface area contributed by atoms with Crippen LogP contribution in [0, 0.1) is 13.8 Å². The summed E-state index contributed by atoms with van der Waals surface area (Å²) < 4.78 is 0. The van der Waals surface area contributed by atoms with Gasteiger partial charge in [0.15, 0.2) is 0 Å². The number of nitrogens with zero attached hydrogens (tertiary/aromatic N) is 2. The van der Waals surface area contributed by atoms with Gasteiger partial charge < -0.3 is 5.32 Å². The Bertz CT molecular complexity index is 578. The standard InChI is InChI=1S/C14H17N5/c1-10-8-9-13(11(2)16-10)18-14(19-15)17-12-6-4-3-5-7-12/h3-9H,15H2,1-2H3,(H2,17,18,19). The van der Waals surface area contributed by atoms with Gasteiger partial charge in [0.25, 0.3) is 0 Å². The van der Waals surface area contributed by atoms with Crippen molar-refractivity contribution in [3.8, 4) is 0 Å². The minimum Gasteiger partial charge on any atom is -0.325 e. The number of benzene rings is 1. The first-order chi connectivity index (χ1) is 9.19. The van der Waals surface area contributed by atoms with E-state index in [-0.39, 0.29) is 0 Å². The Balaban J connectivity index is 2.23. The number of hydrogen-bond acceptors (Lipinski definition) is 3. The Morgan fingerprint density at radius 2 is 1.84 bits per heavy atom. The Morgan fingerprint density at radius 1 is 1.11 bits per heavy atom. The molecule has 0 aliphatic carbocycles. The van der Waals surface area contributed by atoms with Crippen molar-refractivity contribution in [1.82, 2.24) is 10.4 Å². The van der Waals surface area contributed by atoms with Crippen LogP contribution in [0.25, 0.3) is 0 Å². The van der Waals surface area contributed by atoms with Crippen LogP contribution in [0.15, 0.2) is 47.5 Å². The highest BCUT2D eigenvalue weighted by molar-refractivity contribution is 5.94. The topological polar surface area (TPSA) is 75.3 Å². The largest absolute Gasteiger partial charge is 0.325 e. The van der Waals surface area contributed by atoms with E-state index >= 15 is 0 Å². The highest BCUT2D eigenvalue weighted by Crippen LogP contribution is 2.16. The van der Waals surface area contributed by atoms with Crippen molar-refractivity contribution in [2.24, 2.45) is 10.8 Å². The van der Waals surface area contributed by atoms with Gasteiger partial charge in [0.1, 0.15) is 0 Å². The van der Waals surface area contributed by atoms with Crippen LogP contribution in [-0.4, -0.2) is 10.9 Å². The van der Waals surface area contributed by atoms with E-state index in [0.29, 0.717) is 5.96 Å². The molecule has 0 amide bonds. The van der Waals surface area contributed by atoms with Crippen LogP contribution >= 0.6 is 0 Å². The molecule has 0 aliphatic rings. The van der Waals surface area contributed by atoms with Gasteiger partial charge in [0, 0.05) is 11.4 Å². The van der Waals surface area contributed by atoms with E-state index in [1.807, 2.05) is 56.3 Å². The summed E-state index contributed by atoms with van der Waals surface area (Å²) in [4.78, 5) is 8.78. The SMILES string of the molecule is Cc1ccc(N=C(NN)Nc2ccccc2)c(C)n1. The van der Waals surface area contributed by atoms with Gasteiger partial charge in [0.05, 0.1) is 11.4 Å². The molecule has 0 saturated carbocycles. The molecule has 19 heavy (non-hydrogen) atoms. The summed E-state index contributed by atoms with van der Waals surface area (Å²) in [5, 5.41) is 3.11. The average molecular weight is 255 g/mol. The minimum atomic E-state index is 0.472. The van der Waals surface area contributed by atoms with Gasteiger partial charge in [-0.1, -0.05) is 18.2 Å². The molecule has 2 rings (SSSR count). The van der Waals surface area contributed by atoms with E-state index in [0.717, 1.165) is 22.8 Å². The third-order valence-corrected chi connectivity index (χ3v) is 2.60. The van der Waals surface area contributed by atoms with E-state index in [2.05, 4.69) is 20.7 Å². The second kappa shape index (κ2) is 5.97. The number of rotatable bonds is 2. The number of hydrazine groups is 1. The number of aryl methyl sites for hydroxylation is 2. The lowest BCUT2D eigenvalue weighted by Gasteiger charge is -2.09. The lowest BCUT2D eigenvalue weighted by molar-refractivity contribution is 1.01. The highest BCUT2D eigenvalue weighted by atomic mass is 15.3. The number of aliphatic imine (C=N–C) groups is 1. The molecule has 1 aromatic carbocycles. The van der Waals surface area contributed by atoms with Crippen LogP contribution in [0.3, 0.4) is 0 Å². The first kappa shape index (κ1) is 13.0. The molecule has 0 bridgehead atoms. The number of pyridine rings is 1. The minimum absolute atomic E-state index is 0.472. The van der Waals surface area contributed by atoms with Crippen molar-refractivity contribution in [3.05, 3.63) is 53.9 Å². The summed E-state index contributed by atoms with van der Waals surface area (Å²) in [5.74, 6) is 5.96. The second-order valence-electron chi connectivity index (χ2n) is 4.15. The third-order valence-electron chi connectivity index (χ3n) is 2.60. The van der Waals surface area contributed by atoms with Gasteiger partial charge in [-0.2, -0.15) is 0 Å². The van der Waals surface area contributed by atoms with E-state index < -0.39 is 0 Å². The van der Waals surface area contributed by atoms with Gasteiger partial charge in [-0.05, 0) is 38.1 Å². The quantitative estimate of drug-likeness (QED) is 0.333. The maximum atomic E-state index is 5.48. The van der Waals surface area contributed by atoms with Crippen molar-refractivity contribution < 1.29 is 0 Å². The molecular formula is C14H17N5. The van der Waals surface area contributed by atoms with Crippen molar-refractivity contribution in [2.45, 2.75) is 13.8 Å². The molecule has 0 saturated heterocycles. The van der Waals surface area contributed by atoms with Gasteiger partial charge in [0.2, 0.25) is 5.96 Å². The fraction of sp³-hybridized carbons (Fsp3) is 0.143. The van der Waals surface area contributed by atoms with Crippen molar-refractivity contribution in [3.63, 3.8) is 0 Å². The van der Waals surface area contributed by atoms with Gasteiger partial charge in [-0.25, -0.2) is 10.8 Å². The first-order valence-corrected chi connectivity index (χ1v) is 6.00. The summed E-state index contributed by atoms with van der Waals surface area (Å²) in [5.41, 5.74) is 6.08. The predicted molar refractivity (Wildman–Crippen MR) is 78.2 cm³/mol. The molecule has 0 aliphatic heterocycles. The number of nitrogens with two attached hydrogens (primary N) is 1. The molecule has 0 spiro atoms. The molecule has 2 aromatic rings. The number of guanidine groups is 1. The van der Waals surface area contributed by atoms with Crippen LogP contribution < -0.4 is 16.6 Å². The van der Waals surface area contributed by atoms with Crippen LogP contribution in [0.4, 0.5) is 11.4 Å². The summed E-state index contributed by atoms with van der Waals surface area (Å²) in [7, 11) is 0. The number of hydrogen-bond donors (Lipinski definition) is 3. The number of aromatic nitrogens is 1. The molecule has 0 unspecified atom stereocenters. The zero-order valence-corrected chi connectivity index (χ0v) is 11.0. The molecule has 5 heteroatoms. The second-order valence-corrected chi connectivity index (χ2v) is 4.15. The Morgan fingerprint density at radius 3 is 2.47 bits per heavy atom. The molecule has 1 aromatic heterocycles. The molecule has 0 radical (unpaired) electrons. The van der Waals surface area contributed by atoms with E-state index in [1.54, 1.807) is 0 Å². The number of anilines is 1. The molecular weight excluding hydrogens is 238 g/mol. The summed E-state index contributed by atoms with van der Waals surface area (Å²) in [6, 6.07) is 13.5. The van der Waals surface area contributed by atoms with E-state index in [4.69, 9.17) is 5.84 Å². The van der Waals surface area contributed by atoms with Crippen molar-refractivity contribution in [1.29, 1.82) is 0 Å². The molecule has 4 N–H and O–H groups in total. The summed E-state index contributed by atoms with van der Waals surface area (Å²) >= 11 is 0. The number of nitrogens with one attached hydrogen (secondary N) is 2. The molecule has 1 heterocycles. The van der Waals surface area contributed by atoms with E-state index in [1.165, 1.54) is 0 Å². The van der Waals surface area contributed by atoms with Crippen molar-refractivity contribution in [2.75, 3.05) is 5.32 Å². The fourth-order valence-corrected chi connectivity index (χ4v) is 1.67. The first-order valence-electron chi connectivity index (χ1n) is 6.00. The van der Waals surface area contributed by atoms with E-state index in [9.17, 15) is 0 Å². The third kappa shape index (κ3) is 3.53.